The molecule has 0 saturated carbocycles. The first-order valence-electron chi connectivity index (χ1n) is 14.2. The number of aromatic nitrogens is 1. The summed E-state index contributed by atoms with van der Waals surface area (Å²) in [5.74, 6) is 0. The van der Waals surface area contributed by atoms with Gasteiger partial charge < -0.3 is 9.47 Å². The van der Waals surface area contributed by atoms with Gasteiger partial charge in [-0.15, -0.1) is 0 Å². The summed E-state index contributed by atoms with van der Waals surface area (Å²) in [7, 11) is 0. The van der Waals surface area contributed by atoms with Crippen molar-refractivity contribution in [2.75, 3.05) is 0 Å². The van der Waals surface area contributed by atoms with E-state index in [2.05, 4.69) is 112 Å². The van der Waals surface area contributed by atoms with Crippen LogP contribution in [0, 0.1) is 0 Å². The minimum absolute atomic E-state index is 0. The zero-order valence-corrected chi connectivity index (χ0v) is 25.7. The summed E-state index contributed by atoms with van der Waals surface area (Å²) in [5.41, 5.74) is 4.56. The maximum atomic E-state index is 4.26. The van der Waals surface area contributed by atoms with E-state index in [9.17, 15) is 0 Å². The summed E-state index contributed by atoms with van der Waals surface area (Å²) < 4.78 is 2.19. The van der Waals surface area contributed by atoms with Gasteiger partial charge in [0.25, 0.3) is 0 Å². The lowest BCUT2D eigenvalue weighted by Gasteiger charge is -2.37. The van der Waals surface area contributed by atoms with Gasteiger partial charge in [-0.05, 0) is 33.1 Å². The highest BCUT2D eigenvalue weighted by molar-refractivity contribution is 6.05. The van der Waals surface area contributed by atoms with Crippen molar-refractivity contribution >= 4 is 46.1 Å². The van der Waals surface area contributed by atoms with Crippen molar-refractivity contribution in [2.24, 2.45) is 0 Å². The van der Waals surface area contributed by atoms with Crippen molar-refractivity contribution in [3.8, 4) is 0 Å². The Hall–Kier alpha value is -3.52. The first-order valence-corrected chi connectivity index (χ1v) is 14.2. The van der Waals surface area contributed by atoms with Gasteiger partial charge in [-0.25, -0.2) is 0 Å². The first-order chi connectivity index (χ1) is 18.2. The van der Waals surface area contributed by atoms with Crippen molar-refractivity contribution in [3.63, 3.8) is 0 Å². The Balaban J connectivity index is 0.000000621. The molecule has 0 N–H and O–H groups in total. The predicted molar refractivity (Wildman–Crippen MR) is 182 cm³/mol. The molecule has 1 aromatic heterocycles. The lowest BCUT2D eigenvalue weighted by Crippen LogP contribution is -2.29. The highest BCUT2D eigenvalue weighted by atomic mass is 15.2. The standard InChI is InChI=1S/C17H17N.C13H15N.3C2H6.CH4/c1-11(2)18-12(3)15-9-5-7-14-8-6-10-16(13(18)4)17(14)15;1-9(2)14-10(3)12-7-5-6-8-13(12)11(14)4;3*1-2;/h5-11H,3-4H2,1-2H3;5-9H,3-4H2,1-2H3;3*1-2H3;1H4. The van der Waals surface area contributed by atoms with E-state index in [1.165, 1.54) is 32.7 Å². The second-order valence-electron chi connectivity index (χ2n) is 8.97. The van der Waals surface area contributed by atoms with Crippen molar-refractivity contribution in [3.05, 3.63) is 95.6 Å². The Kier molecular flexibility index (Phi) is 15.0. The van der Waals surface area contributed by atoms with E-state index in [4.69, 9.17) is 0 Å². The number of rotatable bonds is 2. The molecule has 0 amide bonds. The van der Waals surface area contributed by atoms with Gasteiger partial charge in [-0.3, -0.25) is 0 Å². The lowest BCUT2D eigenvalue weighted by atomic mass is 9.91. The minimum atomic E-state index is 0. The second kappa shape index (κ2) is 16.4. The maximum Gasteiger partial charge on any atom is 0.0420 e. The third-order valence-corrected chi connectivity index (χ3v) is 6.27. The molecule has 0 atom stereocenters. The molecular weight excluding hydrogens is 472 g/mol. The van der Waals surface area contributed by atoms with Gasteiger partial charge in [0.05, 0.1) is 0 Å². The average molecular weight is 527 g/mol. The van der Waals surface area contributed by atoms with Gasteiger partial charge in [0.2, 0.25) is 0 Å². The third kappa shape index (κ3) is 7.12. The quantitative estimate of drug-likeness (QED) is 0.252. The van der Waals surface area contributed by atoms with Crippen molar-refractivity contribution in [1.82, 2.24) is 9.47 Å². The van der Waals surface area contributed by atoms with Crippen LogP contribution in [-0.2, 0) is 0 Å². The Bertz CT molecular complexity index is 1350. The van der Waals surface area contributed by atoms with Crippen LogP contribution in [0.25, 0.3) is 46.1 Å². The molecule has 0 bridgehead atoms. The van der Waals surface area contributed by atoms with E-state index in [-0.39, 0.29) is 7.43 Å². The molecule has 5 rings (SSSR count). The van der Waals surface area contributed by atoms with Crippen LogP contribution in [0.5, 0.6) is 0 Å². The van der Waals surface area contributed by atoms with Gasteiger partial charge in [0.1, 0.15) is 0 Å². The van der Waals surface area contributed by atoms with E-state index >= 15 is 0 Å². The van der Waals surface area contributed by atoms with Crippen LogP contribution in [-0.4, -0.2) is 15.5 Å². The first kappa shape index (κ1) is 35.5. The zero-order chi connectivity index (χ0) is 29.2. The lowest BCUT2D eigenvalue weighted by molar-refractivity contribution is 0.458. The molecule has 4 aromatic rings. The van der Waals surface area contributed by atoms with Gasteiger partial charge >= 0.3 is 0 Å². The third-order valence-electron chi connectivity index (χ3n) is 6.27. The summed E-state index contributed by atoms with van der Waals surface area (Å²) in [6, 6.07) is 21.9. The molecule has 3 aromatic carbocycles. The summed E-state index contributed by atoms with van der Waals surface area (Å²) in [6.07, 6.45) is 0. The maximum absolute atomic E-state index is 4.26. The highest BCUT2D eigenvalue weighted by Crippen LogP contribution is 2.41. The molecule has 0 fully saturated rings. The number of hydrogen-bond acceptors (Lipinski definition) is 1. The largest absolute Gasteiger partial charge is 0.339 e. The van der Waals surface area contributed by atoms with Crippen LogP contribution in [0.1, 0.15) is 93.8 Å². The summed E-state index contributed by atoms with van der Waals surface area (Å²) in [5, 5.41) is 7.11. The molecule has 0 spiro atoms. The molecule has 0 radical (unpaired) electrons. The van der Waals surface area contributed by atoms with E-state index in [1.54, 1.807) is 0 Å². The van der Waals surface area contributed by atoms with Gasteiger partial charge in [-0.2, -0.15) is 0 Å². The Labute approximate surface area is 239 Å². The molecule has 1 aliphatic rings. The SMILES string of the molecule is C.C=C1c2cccc3cccc(c23)C(=C)N1C(C)C.C=c1c2ccccc2c(=C)n1C(C)C.CC.CC.CC. The predicted octanol–water partition coefficient (Wildman–Crippen LogP) is 10.3. The summed E-state index contributed by atoms with van der Waals surface area (Å²) >= 11 is 0. The highest BCUT2D eigenvalue weighted by Gasteiger charge is 2.25. The number of hydrogen-bond donors (Lipinski definition) is 0. The fraction of sp³-hybridized carbons (Fsp3) is 0.351. The summed E-state index contributed by atoms with van der Waals surface area (Å²) in [4.78, 5) is 2.22. The molecule has 0 saturated heterocycles. The van der Waals surface area contributed by atoms with Crippen LogP contribution >= 0.6 is 0 Å². The van der Waals surface area contributed by atoms with Crippen LogP contribution in [0.3, 0.4) is 0 Å². The molecule has 2 nitrogen and oxygen atoms in total. The van der Waals surface area contributed by atoms with Crippen LogP contribution < -0.4 is 10.7 Å². The topological polar surface area (TPSA) is 8.17 Å². The van der Waals surface area contributed by atoms with E-state index in [1.807, 2.05) is 53.7 Å². The van der Waals surface area contributed by atoms with Crippen LogP contribution in [0.2, 0.25) is 0 Å². The molecule has 0 aliphatic carbocycles. The smallest absolute Gasteiger partial charge is 0.0420 e. The molecule has 212 valence electrons. The number of fused-ring (bicyclic) bond motifs is 1. The van der Waals surface area contributed by atoms with Gasteiger partial charge in [-0.1, -0.05) is 136 Å². The fourth-order valence-corrected chi connectivity index (χ4v) is 4.90. The second-order valence-corrected chi connectivity index (χ2v) is 8.97. The average Bonchev–Trinajstić information content (AvgIpc) is 3.20. The van der Waals surface area contributed by atoms with Crippen LogP contribution in [0.4, 0.5) is 0 Å². The fourth-order valence-electron chi connectivity index (χ4n) is 4.90. The Morgan fingerprint density at radius 2 is 0.923 bits per heavy atom. The molecule has 1 aliphatic heterocycles. The molecule has 39 heavy (non-hydrogen) atoms. The van der Waals surface area contributed by atoms with E-state index in [0.717, 1.165) is 22.1 Å². The normalized spacial score (nSPS) is 11.3. The Morgan fingerprint density at radius 3 is 1.26 bits per heavy atom. The monoisotopic (exact) mass is 526 g/mol. The van der Waals surface area contributed by atoms with Crippen molar-refractivity contribution < 1.29 is 0 Å². The van der Waals surface area contributed by atoms with Crippen LogP contribution in [0.15, 0.2) is 73.8 Å². The number of nitrogens with zero attached hydrogens (tertiary/aromatic N) is 2. The molecule has 2 heterocycles. The van der Waals surface area contributed by atoms with Crippen molar-refractivity contribution in [1.29, 1.82) is 0 Å². The molecule has 0 unspecified atom stereocenters. The zero-order valence-electron chi connectivity index (χ0n) is 25.7. The summed E-state index contributed by atoms with van der Waals surface area (Å²) in [6.45, 7) is 37.4. The van der Waals surface area contributed by atoms with E-state index < -0.39 is 0 Å². The van der Waals surface area contributed by atoms with Gasteiger partial charge in [0.15, 0.2) is 0 Å². The van der Waals surface area contributed by atoms with E-state index in [0.29, 0.717) is 12.1 Å². The molecular formula is C37H54N2. The Morgan fingerprint density at radius 1 is 0.538 bits per heavy atom. The molecule has 2 heteroatoms. The number of benzene rings is 3. The minimum Gasteiger partial charge on any atom is -0.339 e. The van der Waals surface area contributed by atoms with Gasteiger partial charge in [0, 0.05) is 61.5 Å². The van der Waals surface area contributed by atoms with Crippen molar-refractivity contribution in [2.45, 2.75) is 88.7 Å².